The average Bonchev–Trinajstić information content (AvgIpc) is 3.14. The summed E-state index contributed by atoms with van der Waals surface area (Å²) in [4.78, 5) is 22.2. The fraction of sp³-hybridized carbons (Fsp3) is 0.385. The Bertz CT molecular complexity index is 493. The Labute approximate surface area is 119 Å². The number of amides is 2. The summed E-state index contributed by atoms with van der Waals surface area (Å²) >= 11 is 3.42. The van der Waals surface area contributed by atoms with E-state index in [9.17, 15) is 9.59 Å². The van der Waals surface area contributed by atoms with Gasteiger partial charge in [-0.25, -0.2) is 4.79 Å². The number of carbonyl (C=O) groups excluding carboxylic acids is 2. The number of hydrogen-bond acceptors (Lipinski definition) is 3. The van der Waals surface area contributed by atoms with Gasteiger partial charge in [-0.2, -0.15) is 0 Å². The summed E-state index contributed by atoms with van der Waals surface area (Å²) < 4.78 is 5.56. The molecule has 1 aliphatic rings. The maximum absolute atomic E-state index is 11.8. The summed E-state index contributed by atoms with van der Waals surface area (Å²) in [5.41, 5.74) is 5.98. The number of benzene rings is 1. The van der Waals surface area contributed by atoms with Crippen LogP contribution in [0, 0.1) is 5.92 Å². The molecule has 1 aromatic rings. The molecule has 0 radical (unpaired) electrons. The zero-order valence-corrected chi connectivity index (χ0v) is 11.9. The van der Waals surface area contributed by atoms with Crippen molar-refractivity contribution in [2.24, 2.45) is 11.7 Å². The second-order valence-electron chi connectivity index (χ2n) is 4.46. The molecule has 1 saturated carbocycles. The summed E-state index contributed by atoms with van der Waals surface area (Å²) in [7, 11) is 0. The molecule has 0 heterocycles. The highest BCUT2D eigenvalue weighted by molar-refractivity contribution is 9.10. The number of halogens is 1. The third-order valence-electron chi connectivity index (χ3n) is 3.05. The third kappa shape index (κ3) is 3.96. The molecule has 5 nitrogen and oxygen atoms in total. The largest absolute Gasteiger partial charge is 0.448 e. The number of hydrogen-bond donors (Lipinski definition) is 2. The summed E-state index contributed by atoms with van der Waals surface area (Å²) in [6.07, 6.45) is 0.0339. The molecule has 102 valence electrons. The Hall–Kier alpha value is -1.56. The second kappa shape index (κ2) is 6.06. The molecule has 0 aromatic heterocycles. The monoisotopic (exact) mass is 326 g/mol. The van der Waals surface area contributed by atoms with Crippen LogP contribution in [0.4, 0.5) is 4.79 Å². The molecule has 1 aliphatic carbocycles. The van der Waals surface area contributed by atoms with E-state index in [0.717, 1.165) is 10.9 Å². The highest BCUT2D eigenvalue weighted by atomic mass is 79.9. The van der Waals surface area contributed by atoms with Crippen molar-refractivity contribution in [1.82, 2.24) is 5.32 Å². The van der Waals surface area contributed by atoms with Gasteiger partial charge in [0.2, 0.25) is 5.91 Å². The van der Waals surface area contributed by atoms with Crippen LogP contribution in [0.3, 0.4) is 0 Å². The van der Waals surface area contributed by atoms with Crippen LogP contribution in [-0.2, 0) is 9.53 Å². The zero-order chi connectivity index (χ0) is 13.8. The normalized spacial score (nSPS) is 20.7. The molecule has 0 aliphatic heterocycles. The minimum Gasteiger partial charge on any atom is -0.448 e. The number of primary amides is 1. The van der Waals surface area contributed by atoms with E-state index in [0.29, 0.717) is 6.54 Å². The van der Waals surface area contributed by atoms with Gasteiger partial charge in [-0.3, -0.25) is 4.79 Å². The molecule has 0 bridgehead atoms. The van der Waals surface area contributed by atoms with Gasteiger partial charge in [-0.05, 0) is 30.0 Å². The van der Waals surface area contributed by atoms with Crippen molar-refractivity contribution in [2.75, 3.05) is 13.2 Å². The minimum absolute atomic E-state index is 0.00181. The van der Waals surface area contributed by atoms with Crippen molar-refractivity contribution in [1.29, 1.82) is 0 Å². The number of carbonyl (C=O) groups is 2. The molecule has 0 unspecified atom stereocenters. The van der Waals surface area contributed by atoms with Gasteiger partial charge in [0.25, 0.3) is 0 Å². The minimum atomic E-state index is -0.826. The van der Waals surface area contributed by atoms with E-state index in [2.05, 4.69) is 26.0 Å². The Balaban J connectivity index is 1.76. The summed E-state index contributed by atoms with van der Waals surface area (Å²) in [5.74, 6) is 0.301. The van der Waals surface area contributed by atoms with Crippen LogP contribution in [0.25, 0.3) is 0 Å². The van der Waals surface area contributed by atoms with E-state index < -0.39 is 6.09 Å². The Morgan fingerprint density at radius 2 is 2.26 bits per heavy atom. The zero-order valence-electron chi connectivity index (χ0n) is 10.3. The highest BCUT2D eigenvalue weighted by Gasteiger charge is 2.43. The quantitative estimate of drug-likeness (QED) is 0.809. The van der Waals surface area contributed by atoms with E-state index in [-0.39, 0.29) is 24.3 Å². The second-order valence-corrected chi connectivity index (χ2v) is 5.38. The van der Waals surface area contributed by atoms with Crippen LogP contribution in [-0.4, -0.2) is 25.2 Å². The van der Waals surface area contributed by atoms with Crippen molar-refractivity contribution in [3.05, 3.63) is 34.3 Å². The molecule has 2 atom stereocenters. The highest BCUT2D eigenvalue weighted by Crippen LogP contribution is 2.47. The number of ether oxygens (including phenoxy) is 1. The SMILES string of the molecule is NC(=O)OCCNC(=O)[C@H]1C[C@H]1c1cccc(Br)c1. The van der Waals surface area contributed by atoms with Crippen molar-refractivity contribution in [3.63, 3.8) is 0 Å². The molecular weight excluding hydrogens is 312 g/mol. The van der Waals surface area contributed by atoms with Gasteiger partial charge in [0.05, 0.1) is 6.54 Å². The average molecular weight is 327 g/mol. The lowest BCUT2D eigenvalue weighted by atomic mass is 10.1. The maximum Gasteiger partial charge on any atom is 0.404 e. The summed E-state index contributed by atoms with van der Waals surface area (Å²) in [5, 5.41) is 2.73. The molecule has 0 saturated heterocycles. The van der Waals surface area contributed by atoms with Crippen LogP contribution in [0.2, 0.25) is 0 Å². The first-order valence-corrected chi connectivity index (χ1v) is 6.82. The predicted octanol–water partition coefficient (Wildman–Crippen LogP) is 1.76. The van der Waals surface area contributed by atoms with E-state index in [1.54, 1.807) is 0 Å². The molecule has 19 heavy (non-hydrogen) atoms. The maximum atomic E-state index is 11.8. The number of nitrogens with two attached hydrogens (primary N) is 1. The predicted molar refractivity (Wildman–Crippen MR) is 73.5 cm³/mol. The molecular formula is C13H15BrN2O3. The smallest absolute Gasteiger partial charge is 0.404 e. The molecule has 0 spiro atoms. The van der Waals surface area contributed by atoms with Crippen molar-refractivity contribution >= 4 is 27.9 Å². The lowest BCUT2D eigenvalue weighted by Gasteiger charge is -2.05. The standard InChI is InChI=1S/C13H15BrN2O3/c14-9-3-1-2-8(6-9)10-7-11(10)12(17)16-4-5-19-13(15)18/h1-3,6,10-11H,4-5,7H2,(H2,15,18)(H,16,17)/t10-,11-/m0/s1. The fourth-order valence-corrected chi connectivity index (χ4v) is 2.46. The van der Waals surface area contributed by atoms with Gasteiger partial charge < -0.3 is 15.8 Å². The van der Waals surface area contributed by atoms with Crippen LogP contribution in [0.15, 0.2) is 28.7 Å². The number of rotatable bonds is 5. The van der Waals surface area contributed by atoms with Gasteiger partial charge in [-0.15, -0.1) is 0 Å². The molecule has 3 N–H and O–H groups in total. The van der Waals surface area contributed by atoms with Gasteiger partial charge in [0, 0.05) is 10.4 Å². The van der Waals surface area contributed by atoms with Crippen molar-refractivity contribution in [2.45, 2.75) is 12.3 Å². The van der Waals surface area contributed by atoms with Gasteiger partial charge in [-0.1, -0.05) is 28.1 Å². The Kier molecular flexibility index (Phi) is 4.42. The summed E-state index contributed by atoms with van der Waals surface area (Å²) in [6, 6.07) is 7.99. The van der Waals surface area contributed by atoms with E-state index in [1.165, 1.54) is 5.56 Å². The number of nitrogens with one attached hydrogen (secondary N) is 1. The fourth-order valence-electron chi connectivity index (χ4n) is 2.05. The van der Waals surface area contributed by atoms with Crippen LogP contribution in [0.5, 0.6) is 0 Å². The first-order valence-electron chi connectivity index (χ1n) is 6.03. The van der Waals surface area contributed by atoms with Gasteiger partial charge in [0.15, 0.2) is 0 Å². The molecule has 1 fully saturated rings. The lowest BCUT2D eigenvalue weighted by molar-refractivity contribution is -0.122. The first-order chi connectivity index (χ1) is 9.08. The Morgan fingerprint density at radius 3 is 2.95 bits per heavy atom. The van der Waals surface area contributed by atoms with Gasteiger partial charge in [0.1, 0.15) is 6.61 Å². The molecule has 2 rings (SSSR count). The van der Waals surface area contributed by atoms with Crippen LogP contribution >= 0.6 is 15.9 Å². The molecule has 1 aromatic carbocycles. The van der Waals surface area contributed by atoms with Crippen LogP contribution < -0.4 is 11.1 Å². The topological polar surface area (TPSA) is 81.4 Å². The molecule has 2 amide bonds. The van der Waals surface area contributed by atoms with Crippen molar-refractivity contribution in [3.8, 4) is 0 Å². The Morgan fingerprint density at radius 1 is 1.47 bits per heavy atom. The van der Waals surface area contributed by atoms with E-state index in [1.807, 2.05) is 24.3 Å². The molecule has 6 heteroatoms. The van der Waals surface area contributed by atoms with Gasteiger partial charge >= 0.3 is 6.09 Å². The third-order valence-corrected chi connectivity index (χ3v) is 3.54. The van der Waals surface area contributed by atoms with E-state index >= 15 is 0 Å². The summed E-state index contributed by atoms with van der Waals surface area (Å²) in [6.45, 7) is 0.402. The van der Waals surface area contributed by atoms with E-state index in [4.69, 9.17) is 5.73 Å². The van der Waals surface area contributed by atoms with Crippen LogP contribution in [0.1, 0.15) is 17.9 Å². The lowest BCUT2D eigenvalue weighted by Crippen LogP contribution is -2.30. The first kappa shape index (κ1) is 13.9. The van der Waals surface area contributed by atoms with Crippen molar-refractivity contribution < 1.29 is 14.3 Å².